The highest BCUT2D eigenvalue weighted by Crippen LogP contribution is 2.33. The second-order valence-electron chi connectivity index (χ2n) is 6.54. The number of alkyl halides is 3. The predicted octanol–water partition coefficient (Wildman–Crippen LogP) is 5.86. The molecule has 0 radical (unpaired) electrons. The van der Waals surface area contributed by atoms with E-state index in [2.05, 4.69) is 15.4 Å². The molecule has 0 spiro atoms. The number of pyridine rings is 1. The quantitative estimate of drug-likeness (QED) is 0.430. The molecule has 2 aromatic carbocycles. The van der Waals surface area contributed by atoms with Gasteiger partial charge in [0.2, 0.25) is 0 Å². The van der Waals surface area contributed by atoms with E-state index in [0.717, 1.165) is 11.8 Å². The Bertz CT molecular complexity index is 1220. The number of nitrogens with zero attached hydrogens (tertiary/aromatic N) is 3. The Morgan fingerprint density at radius 1 is 1.00 bits per heavy atom. The number of nitrogens with one attached hydrogen (secondary N) is 1. The van der Waals surface area contributed by atoms with E-state index >= 15 is 0 Å². The van der Waals surface area contributed by atoms with E-state index in [1.807, 2.05) is 48.5 Å². The average Bonchev–Trinajstić information content (AvgIpc) is 3.21. The van der Waals surface area contributed by atoms with Crippen molar-refractivity contribution in [3.63, 3.8) is 0 Å². The van der Waals surface area contributed by atoms with Gasteiger partial charge in [-0.1, -0.05) is 60.1 Å². The molecule has 4 aromatic rings. The number of amides is 1. The van der Waals surface area contributed by atoms with Crippen molar-refractivity contribution in [2.24, 2.45) is 0 Å². The minimum atomic E-state index is -4.59. The number of halogens is 4. The zero-order valence-corrected chi connectivity index (χ0v) is 16.5. The number of carbonyl (C=O) groups excluding carboxylic acids is 1. The lowest BCUT2D eigenvalue weighted by molar-refractivity contribution is -0.137. The third kappa shape index (κ3) is 4.44. The number of carbonyl (C=O) groups is 1. The van der Waals surface area contributed by atoms with Crippen LogP contribution in [0.4, 0.5) is 19.0 Å². The summed E-state index contributed by atoms with van der Waals surface area (Å²) in [4.78, 5) is 16.7. The van der Waals surface area contributed by atoms with Gasteiger partial charge in [-0.05, 0) is 18.2 Å². The summed E-state index contributed by atoms with van der Waals surface area (Å²) in [5.74, 6) is -0.777. The Balaban J connectivity index is 1.71. The summed E-state index contributed by atoms with van der Waals surface area (Å²) in [6, 6.07) is 19.0. The van der Waals surface area contributed by atoms with Gasteiger partial charge in [-0.3, -0.25) is 4.79 Å². The fourth-order valence-electron chi connectivity index (χ4n) is 2.92. The molecule has 0 aliphatic carbocycles. The topological polar surface area (TPSA) is 59.8 Å². The number of para-hydroxylation sites is 1. The molecule has 31 heavy (non-hydrogen) atoms. The predicted molar refractivity (Wildman–Crippen MR) is 111 cm³/mol. The molecular formula is C22H14ClF3N4O. The van der Waals surface area contributed by atoms with Crippen LogP contribution in [0.2, 0.25) is 5.02 Å². The number of rotatable bonds is 4. The van der Waals surface area contributed by atoms with Gasteiger partial charge in [-0.15, -0.1) is 0 Å². The molecular weight excluding hydrogens is 429 g/mol. The van der Waals surface area contributed by atoms with Crippen LogP contribution in [0, 0.1) is 0 Å². The highest BCUT2D eigenvalue weighted by atomic mass is 35.5. The van der Waals surface area contributed by atoms with Crippen LogP contribution in [0.15, 0.2) is 79.1 Å². The van der Waals surface area contributed by atoms with Gasteiger partial charge >= 0.3 is 6.18 Å². The molecule has 4 rings (SSSR count). The van der Waals surface area contributed by atoms with Gasteiger partial charge in [0.25, 0.3) is 5.91 Å². The first-order chi connectivity index (χ1) is 14.8. The van der Waals surface area contributed by atoms with Gasteiger partial charge in [-0.2, -0.15) is 18.3 Å². The van der Waals surface area contributed by atoms with Crippen molar-refractivity contribution in [1.29, 1.82) is 0 Å². The minimum Gasteiger partial charge on any atom is -0.305 e. The molecule has 9 heteroatoms. The summed E-state index contributed by atoms with van der Waals surface area (Å²) in [6.07, 6.45) is -2.42. The fourth-order valence-corrected chi connectivity index (χ4v) is 3.14. The van der Waals surface area contributed by atoms with Crippen LogP contribution in [0.3, 0.4) is 0 Å². The van der Waals surface area contributed by atoms with Crippen LogP contribution in [0.5, 0.6) is 0 Å². The fraction of sp³-hybridized carbons (Fsp3) is 0.0455. The van der Waals surface area contributed by atoms with E-state index in [1.54, 1.807) is 23.0 Å². The molecule has 0 aliphatic rings. The maximum absolute atomic E-state index is 13.0. The van der Waals surface area contributed by atoms with Crippen molar-refractivity contribution >= 4 is 23.3 Å². The maximum Gasteiger partial charge on any atom is 0.417 e. The largest absolute Gasteiger partial charge is 0.417 e. The number of hydrogen-bond donors (Lipinski definition) is 1. The zero-order valence-electron chi connectivity index (χ0n) is 15.8. The van der Waals surface area contributed by atoms with Crippen molar-refractivity contribution in [3.8, 4) is 16.9 Å². The normalized spacial score (nSPS) is 11.4. The Morgan fingerprint density at radius 3 is 2.26 bits per heavy atom. The van der Waals surface area contributed by atoms with Crippen LogP contribution in [-0.4, -0.2) is 20.7 Å². The number of benzene rings is 2. The summed E-state index contributed by atoms with van der Waals surface area (Å²) in [7, 11) is 0. The highest BCUT2D eigenvalue weighted by molar-refractivity contribution is 6.33. The second kappa shape index (κ2) is 8.23. The summed E-state index contributed by atoms with van der Waals surface area (Å²) in [6.45, 7) is 0. The first-order valence-corrected chi connectivity index (χ1v) is 9.45. The van der Waals surface area contributed by atoms with Crippen molar-refractivity contribution in [3.05, 3.63) is 95.3 Å². The molecule has 1 amide bonds. The van der Waals surface area contributed by atoms with Crippen molar-refractivity contribution < 1.29 is 18.0 Å². The summed E-state index contributed by atoms with van der Waals surface area (Å²) >= 11 is 5.93. The second-order valence-corrected chi connectivity index (χ2v) is 6.95. The third-order valence-corrected chi connectivity index (χ3v) is 4.72. The van der Waals surface area contributed by atoms with Gasteiger partial charge < -0.3 is 5.32 Å². The van der Waals surface area contributed by atoms with E-state index in [1.165, 1.54) is 0 Å². The number of anilines is 1. The SMILES string of the molecule is O=C(Nc1ncc(C(F)(F)F)cc1Cl)c1cn(-c2ccccc2)nc1-c1ccccc1. The maximum atomic E-state index is 13.0. The number of hydrogen-bond acceptors (Lipinski definition) is 3. The van der Waals surface area contributed by atoms with E-state index in [4.69, 9.17) is 11.6 Å². The molecule has 0 aliphatic heterocycles. The molecule has 2 heterocycles. The Labute approximate surface area is 180 Å². The molecule has 0 fully saturated rings. The molecule has 0 unspecified atom stereocenters. The van der Waals surface area contributed by atoms with Crippen LogP contribution >= 0.6 is 11.6 Å². The Kier molecular flexibility index (Phi) is 5.48. The van der Waals surface area contributed by atoms with Crippen molar-refractivity contribution in [1.82, 2.24) is 14.8 Å². The molecule has 0 saturated heterocycles. The molecule has 2 aromatic heterocycles. The molecule has 0 saturated carbocycles. The van der Waals surface area contributed by atoms with E-state index < -0.39 is 17.6 Å². The molecule has 0 bridgehead atoms. The first-order valence-electron chi connectivity index (χ1n) is 9.07. The van der Waals surface area contributed by atoms with E-state index in [-0.39, 0.29) is 16.4 Å². The highest BCUT2D eigenvalue weighted by Gasteiger charge is 2.32. The minimum absolute atomic E-state index is 0.175. The van der Waals surface area contributed by atoms with Gasteiger partial charge in [-0.25, -0.2) is 9.67 Å². The number of aromatic nitrogens is 3. The van der Waals surface area contributed by atoms with Crippen molar-refractivity contribution in [2.45, 2.75) is 6.18 Å². The third-order valence-electron chi connectivity index (χ3n) is 4.43. The van der Waals surface area contributed by atoms with E-state index in [9.17, 15) is 18.0 Å². The van der Waals surface area contributed by atoms with E-state index in [0.29, 0.717) is 17.5 Å². The van der Waals surface area contributed by atoms with Crippen LogP contribution in [-0.2, 0) is 6.18 Å². The van der Waals surface area contributed by atoms with Gasteiger partial charge in [0, 0.05) is 18.0 Å². The van der Waals surface area contributed by atoms with Gasteiger partial charge in [0.05, 0.1) is 21.8 Å². The van der Waals surface area contributed by atoms with Crippen molar-refractivity contribution in [2.75, 3.05) is 5.32 Å². The summed E-state index contributed by atoms with van der Waals surface area (Å²) in [5, 5.41) is 6.69. The smallest absolute Gasteiger partial charge is 0.305 e. The lowest BCUT2D eigenvalue weighted by atomic mass is 10.1. The molecule has 0 atom stereocenters. The lowest BCUT2D eigenvalue weighted by Gasteiger charge is -2.10. The van der Waals surface area contributed by atoms with Gasteiger partial charge in [0.15, 0.2) is 5.82 Å². The molecule has 156 valence electrons. The Morgan fingerprint density at radius 2 is 1.65 bits per heavy atom. The van der Waals surface area contributed by atoms with Gasteiger partial charge in [0.1, 0.15) is 5.69 Å². The Hall–Kier alpha value is -3.65. The lowest BCUT2D eigenvalue weighted by Crippen LogP contribution is -2.15. The standard InChI is InChI=1S/C22H14ClF3N4O/c23-18-11-15(22(24,25)26)12-27-20(18)28-21(31)17-13-30(16-9-5-2-6-10-16)29-19(17)14-7-3-1-4-8-14/h1-13H,(H,27,28,31). The summed E-state index contributed by atoms with van der Waals surface area (Å²) in [5.41, 5.74) is 1.06. The monoisotopic (exact) mass is 442 g/mol. The molecule has 1 N–H and O–H groups in total. The average molecular weight is 443 g/mol. The van der Waals surface area contributed by atoms with Crippen LogP contribution < -0.4 is 5.32 Å². The van der Waals surface area contributed by atoms with Crippen LogP contribution in [0.1, 0.15) is 15.9 Å². The first kappa shape index (κ1) is 20.6. The summed E-state index contributed by atoms with van der Waals surface area (Å²) < 4.78 is 40.1. The van der Waals surface area contributed by atoms with Crippen LogP contribution in [0.25, 0.3) is 16.9 Å². The molecule has 5 nitrogen and oxygen atoms in total. The zero-order chi connectivity index (χ0) is 22.0.